The molecule has 0 amide bonds. The number of fused-ring (bicyclic) bond motifs is 1. The van der Waals surface area contributed by atoms with E-state index in [0.717, 1.165) is 11.4 Å². The molecule has 28 heavy (non-hydrogen) atoms. The Morgan fingerprint density at radius 3 is 2.50 bits per heavy atom. The first-order chi connectivity index (χ1) is 13.5. The lowest BCUT2D eigenvalue weighted by Crippen LogP contribution is -2.39. The molecular weight excluding hydrogens is 359 g/mol. The maximum atomic E-state index is 14.7. The highest BCUT2D eigenvalue weighted by atomic mass is 19.1. The normalized spacial score (nSPS) is 23.7. The van der Waals surface area contributed by atoms with Crippen LogP contribution in [0.3, 0.4) is 0 Å². The molecule has 0 fully saturated rings. The number of carbonyl (C=O) groups excluding carboxylic acids is 2. The number of anilines is 2. The summed E-state index contributed by atoms with van der Waals surface area (Å²) in [4.78, 5) is 25.7. The van der Waals surface area contributed by atoms with Gasteiger partial charge < -0.3 is 15.4 Å². The number of Topliss-reactive ketones (excluding diaryl/α,β-unsaturated/α-hetero) is 1. The summed E-state index contributed by atoms with van der Waals surface area (Å²) in [5.41, 5.74) is 3.03. The van der Waals surface area contributed by atoms with Crippen LogP contribution in [-0.4, -0.2) is 18.9 Å². The summed E-state index contributed by atoms with van der Waals surface area (Å²) >= 11 is 0. The third kappa shape index (κ3) is 2.95. The van der Waals surface area contributed by atoms with Crippen LogP contribution in [0, 0.1) is 17.7 Å². The number of benzene rings is 2. The zero-order chi connectivity index (χ0) is 19.8. The Morgan fingerprint density at radius 1 is 1.11 bits per heavy atom. The summed E-state index contributed by atoms with van der Waals surface area (Å²) in [6.07, 6.45) is 0.488. The van der Waals surface area contributed by atoms with E-state index in [1.54, 1.807) is 18.2 Å². The summed E-state index contributed by atoms with van der Waals surface area (Å²) in [5.74, 6) is -2.42. The molecule has 0 unspecified atom stereocenters. The second kappa shape index (κ2) is 7.11. The average Bonchev–Trinajstić information content (AvgIpc) is 2.84. The number of methoxy groups -OCH3 is 1. The molecule has 0 saturated carbocycles. The maximum Gasteiger partial charge on any atom is 0.316 e. The first kappa shape index (κ1) is 18.2. The highest BCUT2D eigenvalue weighted by Gasteiger charge is 2.44. The summed E-state index contributed by atoms with van der Waals surface area (Å²) in [7, 11) is 1.28. The zero-order valence-electron chi connectivity index (χ0n) is 15.7. The molecule has 2 aromatic rings. The summed E-state index contributed by atoms with van der Waals surface area (Å²) in [6.45, 7) is 1.85. The molecule has 5 nitrogen and oxygen atoms in total. The van der Waals surface area contributed by atoms with E-state index < -0.39 is 23.7 Å². The minimum absolute atomic E-state index is 0.224. The van der Waals surface area contributed by atoms with Gasteiger partial charge in [0.15, 0.2) is 5.78 Å². The quantitative estimate of drug-likeness (QED) is 0.608. The molecule has 2 aromatic carbocycles. The summed E-state index contributed by atoms with van der Waals surface area (Å²) < 4.78 is 19.6. The van der Waals surface area contributed by atoms with Gasteiger partial charge in [-0.25, -0.2) is 4.39 Å². The van der Waals surface area contributed by atoms with E-state index in [2.05, 4.69) is 10.6 Å². The number of ether oxygens (including phenoxy) is 1. The third-order valence-electron chi connectivity index (χ3n) is 5.44. The van der Waals surface area contributed by atoms with E-state index in [9.17, 15) is 14.0 Å². The van der Waals surface area contributed by atoms with Crippen molar-refractivity contribution in [2.45, 2.75) is 19.4 Å². The maximum absolute atomic E-state index is 14.7. The Morgan fingerprint density at radius 2 is 1.79 bits per heavy atom. The lowest BCUT2D eigenvalue weighted by atomic mass is 9.74. The first-order valence-electron chi connectivity index (χ1n) is 9.23. The number of ketones is 1. The molecule has 2 aliphatic rings. The second-order valence-electron chi connectivity index (χ2n) is 7.21. The molecule has 1 aliphatic heterocycles. The minimum atomic E-state index is -0.900. The van der Waals surface area contributed by atoms with Crippen molar-refractivity contribution >= 4 is 23.1 Å². The number of halogens is 1. The summed E-state index contributed by atoms with van der Waals surface area (Å²) in [6, 6.07) is 13.2. The molecule has 0 spiro atoms. The smallest absolute Gasteiger partial charge is 0.316 e. The van der Waals surface area contributed by atoms with Crippen molar-refractivity contribution in [1.29, 1.82) is 0 Å². The molecule has 0 saturated heterocycles. The molecular formula is C22H21FN2O3. The Hall–Kier alpha value is -3.15. The number of hydrogen-bond donors (Lipinski definition) is 2. The number of esters is 1. The van der Waals surface area contributed by atoms with Crippen molar-refractivity contribution in [1.82, 2.24) is 0 Å². The molecule has 3 atom stereocenters. The Bertz CT molecular complexity index is 985. The molecule has 6 heteroatoms. The minimum Gasteiger partial charge on any atom is -0.468 e. The van der Waals surface area contributed by atoms with Gasteiger partial charge >= 0.3 is 5.97 Å². The van der Waals surface area contributed by atoms with Gasteiger partial charge in [0.1, 0.15) is 11.7 Å². The topological polar surface area (TPSA) is 67.4 Å². The van der Waals surface area contributed by atoms with Gasteiger partial charge in [0, 0.05) is 16.8 Å². The van der Waals surface area contributed by atoms with Crippen LogP contribution in [-0.2, 0) is 14.3 Å². The molecule has 0 bridgehead atoms. The fourth-order valence-corrected chi connectivity index (χ4v) is 4.08. The van der Waals surface area contributed by atoms with Crippen LogP contribution in [0.4, 0.5) is 15.8 Å². The Balaban J connectivity index is 1.90. The predicted octanol–water partition coefficient (Wildman–Crippen LogP) is 4.06. The zero-order valence-corrected chi connectivity index (χ0v) is 15.7. The van der Waals surface area contributed by atoms with Gasteiger partial charge in [0.05, 0.1) is 24.5 Å². The number of hydrogen-bond acceptors (Lipinski definition) is 5. The third-order valence-corrected chi connectivity index (χ3v) is 5.44. The van der Waals surface area contributed by atoms with E-state index in [1.165, 1.54) is 13.2 Å². The molecule has 1 heterocycles. The van der Waals surface area contributed by atoms with Crippen molar-refractivity contribution in [2.24, 2.45) is 11.8 Å². The van der Waals surface area contributed by atoms with Crippen LogP contribution in [0.15, 0.2) is 59.8 Å². The van der Waals surface area contributed by atoms with Crippen molar-refractivity contribution < 1.29 is 18.7 Å². The van der Waals surface area contributed by atoms with Crippen molar-refractivity contribution in [3.63, 3.8) is 0 Å². The molecule has 4 rings (SSSR count). The molecule has 2 N–H and O–H groups in total. The highest BCUT2D eigenvalue weighted by molar-refractivity contribution is 6.11. The van der Waals surface area contributed by atoms with E-state index in [-0.39, 0.29) is 11.7 Å². The van der Waals surface area contributed by atoms with Crippen LogP contribution in [0.2, 0.25) is 0 Å². The van der Waals surface area contributed by atoms with Crippen LogP contribution in [0.1, 0.15) is 24.9 Å². The number of para-hydroxylation sites is 2. The fraction of sp³-hybridized carbons (Fsp3) is 0.273. The van der Waals surface area contributed by atoms with Gasteiger partial charge in [0.2, 0.25) is 0 Å². The van der Waals surface area contributed by atoms with E-state index >= 15 is 0 Å². The second-order valence-corrected chi connectivity index (χ2v) is 7.21. The summed E-state index contributed by atoms with van der Waals surface area (Å²) in [5, 5.41) is 6.65. The first-order valence-corrected chi connectivity index (χ1v) is 9.23. The van der Waals surface area contributed by atoms with Crippen LogP contribution < -0.4 is 10.6 Å². The predicted molar refractivity (Wildman–Crippen MR) is 104 cm³/mol. The van der Waals surface area contributed by atoms with Gasteiger partial charge in [0.25, 0.3) is 0 Å². The number of allylic oxidation sites excluding steroid dienone is 1. The standard InChI is InChI=1S/C22H21FN2O3/c1-12-11-17-19(21(26)18(12)22(27)28-2)20(13-7-3-4-8-14(13)23)25-16-10-6-5-9-15(16)24-17/h3-10,12,18,20,24-25H,11H2,1-2H3/t12-,18-,20-/m0/s1. The van der Waals surface area contributed by atoms with E-state index in [0.29, 0.717) is 23.3 Å². The monoisotopic (exact) mass is 380 g/mol. The number of carbonyl (C=O) groups is 2. The van der Waals surface area contributed by atoms with Crippen molar-refractivity contribution in [3.05, 3.63) is 71.2 Å². The lowest BCUT2D eigenvalue weighted by Gasteiger charge is -2.32. The molecule has 0 radical (unpaired) electrons. The Labute approximate surface area is 162 Å². The lowest BCUT2D eigenvalue weighted by molar-refractivity contribution is -0.151. The van der Waals surface area contributed by atoms with Gasteiger partial charge in [-0.2, -0.15) is 0 Å². The van der Waals surface area contributed by atoms with Crippen molar-refractivity contribution in [3.8, 4) is 0 Å². The van der Waals surface area contributed by atoms with Crippen LogP contribution >= 0.6 is 0 Å². The van der Waals surface area contributed by atoms with Crippen LogP contribution in [0.25, 0.3) is 0 Å². The van der Waals surface area contributed by atoms with Gasteiger partial charge in [-0.3, -0.25) is 9.59 Å². The SMILES string of the molecule is COC(=O)[C@@H]1C(=O)C2=C(C[C@@H]1C)Nc1ccccc1N[C@H]2c1ccccc1F. The molecule has 1 aliphatic carbocycles. The largest absolute Gasteiger partial charge is 0.468 e. The molecule has 144 valence electrons. The highest BCUT2D eigenvalue weighted by Crippen LogP contribution is 2.44. The van der Waals surface area contributed by atoms with Gasteiger partial charge in [-0.05, 0) is 30.5 Å². The van der Waals surface area contributed by atoms with E-state index in [4.69, 9.17) is 4.74 Å². The van der Waals surface area contributed by atoms with Gasteiger partial charge in [-0.15, -0.1) is 0 Å². The van der Waals surface area contributed by atoms with E-state index in [1.807, 2.05) is 31.2 Å². The fourth-order valence-electron chi connectivity index (χ4n) is 4.08. The van der Waals surface area contributed by atoms with Gasteiger partial charge in [-0.1, -0.05) is 37.3 Å². The Kier molecular flexibility index (Phi) is 4.63. The number of nitrogens with one attached hydrogen (secondary N) is 2. The number of rotatable bonds is 2. The van der Waals surface area contributed by atoms with Crippen LogP contribution in [0.5, 0.6) is 0 Å². The molecule has 0 aromatic heterocycles. The van der Waals surface area contributed by atoms with Crippen molar-refractivity contribution in [2.75, 3.05) is 17.7 Å². The average molecular weight is 380 g/mol.